The molecule has 1 saturated heterocycles. The highest BCUT2D eigenvalue weighted by Gasteiger charge is 2.25. The van der Waals surface area contributed by atoms with E-state index in [1.165, 1.54) is 6.07 Å². The summed E-state index contributed by atoms with van der Waals surface area (Å²) in [6.45, 7) is 4.91. The number of carbonyl (C=O) groups is 1. The number of likely N-dealkylation sites (N-methyl/N-ethyl adjacent to an activating group) is 1. The molecule has 1 aliphatic rings. The van der Waals surface area contributed by atoms with E-state index in [2.05, 4.69) is 18.9 Å². The third-order valence-electron chi connectivity index (χ3n) is 4.34. The molecule has 5 heteroatoms. The van der Waals surface area contributed by atoms with Crippen molar-refractivity contribution in [2.45, 2.75) is 19.5 Å². The Bertz CT molecular complexity index is 753. The van der Waals surface area contributed by atoms with Gasteiger partial charge in [0.25, 0.3) is 0 Å². The second-order valence-electron chi connectivity index (χ2n) is 6.02. The van der Waals surface area contributed by atoms with Gasteiger partial charge in [0.2, 0.25) is 5.91 Å². The number of fused-ring (bicyclic) bond motifs is 1. The predicted octanol–water partition coefficient (Wildman–Crippen LogP) is 1.16. The van der Waals surface area contributed by atoms with Crippen molar-refractivity contribution >= 4 is 16.8 Å². The van der Waals surface area contributed by atoms with Gasteiger partial charge in [0, 0.05) is 43.3 Å². The number of hydrogen-bond acceptors (Lipinski definition) is 3. The molecule has 0 bridgehead atoms. The van der Waals surface area contributed by atoms with Crippen LogP contribution >= 0.6 is 0 Å². The van der Waals surface area contributed by atoms with Gasteiger partial charge in [0.15, 0.2) is 5.43 Å². The van der Waals surface area contributed by atoms with Crippen LogP contribution in [0.4, 0.5) is 0 Å². The maximum atomic E-state index is 12.6. The van der Waals surface area contributed by atoms with Crippen LogP contribution in [0, 0.1) is 0 Å². The summed E-state index contributed by atoms with van der Waals surface area (Å²) < 4.78 is 1.87. The summed E-state index contributed by atoms with van der Waals surface area (Å²) in [7, 11) is 2.08. The highest BCUT2D eigenvalue weighted by molar-refractivity contribution is 5.82. The molecule has 1 aromatic heterocycles. The number of rotatable bonds is 2. The molecule has 3 rings (SSSR count). The molecule has 116 valence electrons. The van der Waals surface area contributed by atoms with Gasteiger partial charge in [-0.25, -0.2) is 0 Å². The first kappa shape index (κ1) is 14.8. The van der Waals surface area contributed by atoms with Gasteiger partial charge in [-0.05, 0) is 26.1 Å². The van der Waals surface area contributed by atoms with E-state index in [4.69, 9.17) is 0 Å². The van der Waals surface area contributed by atoms with E-state index in [0.29, 0.717) is 5.39 Å². The Morgan fingerprint density at radius 2 is 2.00 bits per heavy atom. The highest BCUT2D eigenvalue weighted by Crippen LogP contribution is 2.12. The summed E-state index contributed by atoms with van der Waals surface area (Å²) in [4.78, 5) is 28.7. The van der Waals surface area contributed by atoms with Crippen LogP contribution in [0.2, 0.25) is 0 Å². The zero-order valence-corrected chi connectivity index (χ0v) is 13.0. The van der Waals surface area contributed by atoms with Crippen LogP contribution in [-0.2, 0) is 11.3 Å². The van der Waals surface area contributed by atoms with E-state index in [0.717, 1.165) is 25.2 Å². The zero-order chi connectivity index (χ0) is 15.7. The molecule has 5 nitrogen and oxygen atoms in total. The zero-order valence-electron chi connectivity index (χ0n) is 13.0. The molecule has 1 fully saturated rings. The molecule has 1 atom stereocenters. The lowest BCUT2D eigenvalue weighted by Crippen LogP contribution is -2.53. The normalized spacial score (nSPS) is 19.5. The van der Waals surface area contributed by atoms with E-state index < -0.39 is 0 Å². The fourth-order valence-electron chi connectivity index (χ4n) is 3.14. The number of hydrogen-bond donors (Lipinski definition) is 0. The van der Waals surface area contributed by atoms with Gasteiger partial charge < -0.3 is 14.4 Å². The number of benzene rings is 1. The lowest BCUT2D eigenvalue weighted by molar-refractivity contribution is -0.136. The molecule has 2 heterocycles. The molecule has 0 unspecified atom stereocenters. The lowest BCUT2D eigenvalue weighted by atomic mass is 10.2. The van der Waals surface area contributed by atoms with Crippen molar-refractivity contribution in [2.24, 2.45) is 0 Å². The largest absolute Gasteiger partial charge is 0.338 e. The number of amides is 1. The maximum absolute atomic E-state index is 12.6. The fourth-order valence-corrected chi connectivity index (χ4v) is 3.14. The van der Waals surface area contributed by atoms with E-state index in [9.17, 15) is 9.59 Å². The minimum absolute atomic E-state index is 0.00716. The Kier molecular flexibility index (Phi) is 3.98. The molecule has 1 amide bonds. The number of aromatic nitrogens is 1. The van der Waals surface area contributed by atoms with Crippen LogP contribution in [0.25, 0.3) is 10.9 Å². The van der Waals surface area contributed by atoms with Crippen molar-refractivity contribution < 1.29 is 4.79 Å². The van der Waals surface area contributed by atoms with Crippen LogP contribution in [0.5, 0.6) is 0 Å². The molecule has 1 aromatic carbocycles. The first-order valence-electron chi connectivity index (χ1n) is 7.62. The van der Waals surface area contributed by atoms with Crippen LogP contribution < -0.4 is 5.43 Å². The molecule has 2 aromatic rings. The minimum Gasteiger partial charge on any atom is -0.338 e. The van der Waals surface area contributed by atoms with Crippen molar-refractivity contribution in [1.29, 1.82) is 0 Å². The Morgan fingerprint density at radius 3 is 2.77 bits per heavy atom. The van der Waals surface area contributed by atoms with Crippen LogP contribution in [-0.4, -0.2) is 53.0 Å². The average molecular weight is 299 g/mol. The smallest absolute Gasteiger partial charge is 0.242 e. The van der Waals surface area contributed by atoms with Gasteiger partial charge in [-0.2, -0.15) is 0 Å². The van der Waals surface area contributed by atoms with Crippen LogP contribution in [0.1, 0.15) is 6.92 Å². The summed E-state index contributed by atoms with van der Waals surface area (Å²) in [5, 5.41) is 0.657. The molecular weight excluding hydrogens is 278 g/mol. The molecular formula is C17H21N3O2. The Labute approximate surface area is 129 Å². The second-order valence-corrected chi connectivity index (χ2v) is 6.02. The third-order valence-corrected chi connectivity index (χ3v) is 4.34. The summed E-state index contributed by atoms with van der Waals surface area (Å²) in [5.74, 6) is 0.106. The Hall–Kier alpha value is -2.14. The number of nitrogens with zero attached hydrogens (tertiary/aromatic N) is 3. The Balaban J connectivity index is 1.86. The quantitative estimate of drug-likeness (QED) is 0.836. The lowest BCUT2D eigenvalue weighted by Gasteiger charge is -2.38. The van der Waals surface area contributed by atoms with Crippen LogP contribution in [0.15, 0.2) is 41.3 Å². The maximum Gasteiger partial charge on any atom is 0.242 e. The number of carbonyl (C=O) groups excluding carboxylic acids is 1. The minimum atomic E-state index is -0.00716. The molecule has 0 N–H and O–H groups in total. The van der Waals surface area contributed by atoms with Crippen molar-refractivity contribution in [1.82, 2.24) is 14.4 Å². The molecule has 0 spiro atoms. The second kappa shape index (κ2) is 5.93. The van der Waals surface area contributed by atoms with Crippen molar-refractivity contribution in [3.63, 3.8) is 0 Å². The van der Waals surface area contributed by atoms with Crippen molar-refractivity contribution in [3.8, 4) is 0 Å². The number of para-hydroxylation sites is 1. The van der Waals surface area contributed by atoms with E-state index in [1.807, 2.05) is 27.7 Å². The number of piperazine rings is 1. The van der Waals surface area contributed by atoms with E-state index in [-0.39, 0.29) is 23.9 Å². The van der Waals surface area contributed by atoms with Crippen molar-refractivity contribution in [2.75, 3.05) is 26.7 Å². The highest BCUT2D eigenvalue weighted by atomic mass is 16.2. The molecule has 1 aliphatic heterocycles. The standard InChI is InChI=1S/C17H21N3O2/c1-13-11-18(2)9-10-20(13)17(22)12-19-8-7-16(21)14-5-3-4-6-15(14)19/h3-8,13H,9-12H2,1-2H3/t13-/m1/s1. The monoisotopic (exact) mass is 299 g/mol. The topological polar surface area (TPSA) is 45.5 Å². The Morgan fingerprint density at radius 1 is 1.23 bits per heavy atom. The summed E-state index contributed by atoms with van der Waals surface area (Å²) in [6, 6.07) is 9.17. The van der Waals surface area contributed by atoms with Gasteiger partial charge in [0.1, 0.15) is 6.54 Å². The van der Waals surface area contributed by atoms with Gasteiger partial charge in [-0.1, -0.05) is 12.1 Å². The third kappa shape index (κ3) is 2.76. The first-order valence-corrected chi connectivity index (χ1v) is 7.62. The van der Waals surface area contributed by atoms with E-state index >= 15 is 0 Å². The average Bonchev–Trinajstić information content (AvgIpc) is 2.50. The van der Waals surface area contributed by atoms with Gasteiger partial charge in [-0.3, -0.25) is 9.59 Å². The number of pyridine rings is 1. The van der Waals surface area contributed by atoms with Gasteiger partial charge >= 0.3 is 0 Å². The predicted molar refractivity (Wildman–Crippen MR) is 86.9 cm³/mol. The molecule has 0 saturated carbocycles. The molecule has 22 heavy (non-hydrogen) atoms. The molecule has 0 radical (unpaired) electrons. The van der Waals surface area contributed by atoms with Gasteiger partial charge in [0.05, 0.1) is 5.52 Å². The van der Waals surface area contributed by atoms with Gasteiger partial charge in [-0.15, -0.1) is 0 Å². The fraction of sp³-hybridized carbons (Fsp3) is 0.412. The SMILES string of the molecule is C[C@@H]1CN(C)CCN1C(=O)Cn1ccc(=O)c2ccccc21. The molecule has 0 aliphatic carbocycles. The van der Waals surface area contributed by atoms with Crippen molar-refractivity contribution in [3.05, 3.63) is 46.8 Å². The summed E-state index contributed by atoms with van der Waals surface area (Å²) in [6.07, 6.45) is 1.71. The van der Waals surface area contributed by atoms with E-state index in [1.54, 1.807) is 12.3 Å². The first-order chi connectivity index (χ1) is 10.6. The summed E-state index contributed by atoms with van der Waals surface area (Å²) >= 11 is 0. The van der Waals surface area contributed by atoms with Crippen LogP contribution in [0.3, 0.4) is 0 Å². The summed E-state index contributed by atoms with van der Waals surface area (Å²) in [5.41, 5.74) is 0.803.